The highest BCUT2D eigenvalue weighted by atomic mass is 35.5. The molecule has 2 fully saturated rings. The Hall–Kier alpha value is -4.80. The number of halogens is 4. The first-order valence-corrected chi connectivity index (χ1v) is 25.7. The largest absolute Gasteiger partial charge is 0.497 e. The van der Waals surface area contributed by atoms with Crippen molar-refractivity contribution in [1.29, 1.82) is 0 Å². The van der Waals surface area contributed by atoms with E-state index < -0.39 is 31.7 Å². The normalized spacial score (nSPS) is 15.0. The molecule has 4 aromatic carbocycles. The third-order valence-electron chi connectivity index (χ3n) is 10.7. The molecule has 2 aromatic heterocycles. The molecule has 0 saturated carbocycles. The number of ether oxygens (including phenoxy) is 4. The molecule has 0 amide bonds. The van der Waals surface area contributed by atoms with Gasteiger partial charge in [-0.1, -0.05) is 23.2 Å². The van der Waals surface area contributed by atoms with E-state index in [1.54, 1.807) is 41.7 Å². The minimum absolute atomic E-state index is 0.0664. The van der Waals surface area contributed by atoms with E-state index in [-0.39, 0.29) is 28.6 Å². The molecule has 22 heteroatoms. The molecular formula is C44H46Cl2F2N6O8S4. The molecule has 2 aliphatic rings. The number of nitrogens with zero attached hydrogens (tertiary/aromatic N) is 6. The molecule has 4 heterocycles. The Kier molecular flexibility index (Phi) is 16.0. The second-order valence-corrected chi connectivity index (χ2v) is 21.3. The average Bonchev–Trinajstić information content (AvgIpc) is 3.98. The average molecular weight is 1020 g/mol. The van der Waals surface area contributed by atoms with Crippen LogP contribution >= 0.6 is 45.9 Å². The molecule has 0 unspecified atom stereocenters. The maximum absolute atomic E-state index is 13.4. The Morgan fingerprint density at radius 2 is 0.939 bits per heavy atom. The lowest BCUT2D eigenvalue weighted by Gasteiger charge is -2.34. The second kappa shape index (κ2) is 21.4. The van der Waals surface area contributed by atoms with Crippen LogP contribution in [0.3, 0.4) is 0 Å². The van der Waals surface area contributed by atoms with Crippen molar-refractivity contribution in [2.75, 3.05) is 90.6 Å². The SMILES string of the molecule is COc1ccc(OC)c(S(=O)(=O)N2CCN(c3nc(Cc4cc(Cl)cc(Cl)c4)cs3)CC2)c1.COc1ccc(OC)c(S(=O)(=O)N2CCN(c3nc(Cc4cc(F)cc(F)c4)cs3)CC2)c1. The molecule has 0 spiro atoms. The third-order valence-corrected chi connectivity index (χ3v) is 16.9. The van der Waals surface area contributed by atoms with Crippen LogP contribution in [-0.4, -0.2) is 116 Å². The highest BCUT2D eigenvalue weighted by molar-refractivity contribution is 7.89. The van der Waals surface area contributed by atoms with Crippen LogP contribution in [0.2, 0.25) is 10.0 Å². The van der Waals surface area contributed by atoms with Crippen LogP contribution in [0.15, 0.2) is 93.3 Å². The highest BCUT2D eigenvalue weighted by Crippen LogP contribution is 2.34. The van der Waals surface area contributed by atoms with Crippen molar-refractivity contribution < 1.29 is 44.6 Å². The Labute approximate surface area is 400 Å². The van der Waals surface area contributed by atoms with Crippen molar-refractivity contribution in [3.8, 4) is 23.0 Å². The summed E-state index contributed by atoms with van der Waals surface area (Å²) in [6.45, 7) is 3.28. The van der Waals surface area contributed by atoms with Crippen LogP contribution in [0.1, 0.15) is 22.5 Å². The second-order valence-electron chi connectivity index (χ2n) is 15.0. The number of thiazole rings is 2. The van der Waals surface area contributed by atoms with E-state index in [0.29, 0.717) is 90.7 Å². The standard InChI is InChI=1S/C22H23Cl2N3O4S2.C22H23F2N3O4S2/c2*1-30-19-3-4-20(31-2)21(13-19)33(28,29)27-7-5-26(6-8-27)22-25-18(14-32-22)11-15-9-16(23)12-17(24)10-15/h2*3-4,9-10,12-14H,5-8,11H2,1-2H3. The van der Waals surface area contributed by atoms with Gasteiger partial charge in [-0.05, 0) is 65.7 Å². The van der Waals surface area contributed by atoms with E-state index in [1.165, 1.54) is 72.7 Å². The molecule has 0 bridgehead atoms. The molecule has 8 rings (SSSR count). The molecule has 6 aromatic rings. The van der Waals surface area contributed by atoms with Gasteiger partial charge in [0.15, 0.2) is 10.3 Å². The predicted molar refractivity (Wildman–Crippen MR) is 254 cm³/mol. The number of aromatic nitrogens is 2. The van der Waals surface area contributed by atoms with E-state index in [1.807, 2.05) is 27.8 Å². The van der Waals surface area contributed by atoms with Gasteiger partial charge >= 0.3 is 0 Å². The molecular weight excluding hydrogens is 978 g/mol. The van der Waals surface area contributed by atoms with Crippen molar-refractivity contribution in [1.82, 2.24) is 18.6 Å². The molecule has 0 aliphatic carbocycles. The first-order chi connectivity index (χ1) is 31.6. The summed E-state index contributed by atoms with van der Waals surface area (Å²) in [5.74, 6) is 0.210. The monoisotopic (exact) mass is 1020 g/mol. The van der Waals surface area contributed by atoms with Gasteiger partial charge in [0.25, 0.3) is 0 Å². The number of methoxy groups -OCH3 is 4. The summed E-state index contributed by atoms with van der Waals surface area (Å²) >= 11 is 15.2. The summed E-state index contributed by atoms with van der Waals surface area (Å²) in [5, 5.41) is 6.67. The molecule has 14 nitrogen and oxygen atoms in total. The summed E-state index contributed by atoms with van der Waals surface area (Å²) in [6.07, 6.45) is 0.940. The van der Waals surface area contributed by atoms with Crippen molar-refractivity contribution in [3.63, 3.8) is 0 Å². The summed E-state index contributed by atoms with van der Waals surface area (Å²) in [6, 6.07) is 18.3. The Morgan fingerprint density at radius 3 is 1.32 bits per heavy atom. The van der Waals surface area contributed by atoms with E-state index in [2.05, 4.69) is 9.88 Å². The van der Waals surface area contributed by atoms with E-state index in [0.717, 1.165) is 27.6 Å². The molecule has 2 aliphatic heterocycles. The van der Waals surface area contributed by atoms with Crippen LogP contribution in [0.4, 0.5) is 19.0 Å². The van der Waals surface area contributed by atoms with Gasteiger partial charge in [0.1, 0.15) is 44.4 Å². The maximum atomic E-state index is 13.4. The number of hydrogen-bond acceptors (Lipinski definition) is 14. The van der Waals surface area contributed by atoms with Crippen LogP contribution in [0, 0.1) is 11.6 Å². The van der Waals surface area contributed by atoms with Crippen molar-refractivity contribution >= 4 is 76.2 Å². The Morgan fingerprint density at radius 1 is 0.545 bits per heavy atom. The Balaban J connectivity index is 0.000000196. The van der Waals surface area contributed by atoms with Crippen molar-refractivity contribution in [2.45, 2.75) is 22.6 Å². The minimum atomic E-state index is -3.77. The summed E-state index contributed by atoms with van der Waals surface area (Å²) in [4.78, 5) is 13.6. The van der Waals surface area contributed by atoms with Gasteiger partial charge in [0, 0.05) is 104 Å². The minimum Gasteiger partial charge on any atom is -0.497 e. The van der Waals surface area contributed by atoms with Crippen LogP contribution in [0.5, 0.6) is 23.0 Å². The van der Waals surface area contributed by atoms with Crippen molar-refractivity contribution in [2.24, 2.45) is 0 Å². The van der Waals surface area contributed by atoms with E-state index in [4.69, 9.17) is 47.1 Å². The number of piperazine rings is 2. The van der Waals surface area contributed by atoms with Gasteiger partial charge in [-0.15, -0.1) is 22.7 Å². The zero-order valence-electron chi connectivity index (χ0n) is 36.2. The lowest BCUT2D eigenvalue weighted by atomic mass is 10.1. The zero-order chi connectivity index (χ0) is 47.2. The fourth-order valence-electron chi connectivity index (χ4n) is 7.38. The molecule has 66 heavy (non-hydrogen) atoms. The first-order valence-electron chi connectivity index (χ1n) is 20.3. The van der Waals surface area contributed by atoms with Gasteiger partial charge in [0.05, 0.1) is 39.8 Å². The van der Waals surface area contributed by atoms with Crippen LogP contribution in [0.25, 0.3) is 0 Å². The van der Waals surface area contributed by atoms with Crippen molar-refractivity contribution in [3.05, 3.63) is 128 Å². The fourth-order valence-corrected chi connectivity index (χ4v) is 12.9. The molecule has 0 N–H and O–H groups in total. The number of hydrogen-bond donors (Lipinski definition) is 0. The summed E-state index contributed by atoms with van der Waals surface area (Å²) in [5.41, 5.74) is 3.13. The summed E-state index contributed by atoms with van der Waals surface area (Å²) < 4.78 is 104. The van der Waals surface area contributed by atoms with Crippen LogP contribution < -0.4 is 28.7 Å². The van der Waals surface area contributed by atoms with Gasteiger partial charge in [-0.25, -0.2) is 35.6 Å². The topological polar surface area (TPSA) is 144 Å². The molecule has 0 radical (unpaired) electrons. The number of rotatable bonds is 14. The van der Waals surface area contributed by atoms with E-state index >= 15 is 0 Å². The summed E-state index contributed by atoms with van der Waals surface area (Å²) in [7, 11) is -1.64. The third kappa shape index (κ3) is 11.6. The molecule has 2 saturated heterocycles. The predicted octanol–water partition coefficient (Wildman–Crippen LogP) is 8.11. The Bertz CT molecular complexity index is 2640. The number of sulfonamides is 2. The quantitative estimate of drug-likeness (QED) is 0.104. The maximum Gasteiger partial charge on any atom is 0.247 e. The molecule has 0 atom stereocenters. The lowest BCUT2D eigenvalue weighted by Crippen LogP contribution is -2.48. The van der Waals surface area contributed by atoms with Gasteiger partial charge < -0.3 is 28.7 Å². The first kappa shape index (κ1) is 49.1. The molecule has 352 valence electrons. The fraction of sp³-hybridized carbons (Fsp3) is 0.318. The smallest absolute Gasteiger partial charge is 0.247 e. The van der Waals surface area contributed by atoms with Gasteiger partial charge in [-0.2, -0.15) is 8.61 Å². The zero-order valence-corrected chi connectivity index (χ0v) is 41.0. The number of benzene rings is 4. The van der Waals surface area contributed by atoms with Gasteiger partial charge in [0.2, 0.25) is 20.0 Å². The number of anilines is 2. The highest BCUT2D eigenvalue weighted by Gasteiger charge is 2.34. The van der Waals surface area contributed by atoms with E-state index in [9.17, 15) is 25.6 Å². The van der Waals surface area contributed by atoms with Gasteiger partial charge in [-0.3, -0.25) is 0 Å². The lowest BCUT2D eigenvalue weighted by molar-refractivity contribution is 0.370. The van der Waals surface area contributed by atoms with Crippen LogP contribution in [-0.2, 0) is 32.9 Å².